The minimum Gasteiger partial charge on any atom is -0.457 e. The van der Waals surface area contributed by atoms with Crippen molar-refractivity contribution in [3.8, 4) is 0 Å². The topological polar surface area (TPSA) is 101 Å². The summed E-state index contributed by atoms with van der Waals surface area (Å²) in [5, 5.41) is 1.78. The van der Waals surface area contributed by atoms with Gasteiger partial charge in [0.15, 0.2) is 0 Å². The highest BCUT2D eigenvalue weighted by atomic mass is 32.2. The zero-order valence-electron chi connectivity index (χ0n) is 21.4. The highest BCUT2D eigenvalue weighted by molar-refractivity contribution is 7.92. The molecule has 0 aromatic heterocycles. The molecule has 2 aromatic carbocycles. The van der Waals surface area contributed by atoms with Crippen LogP contribution in [-0.2, 0) is 34.9 Å². The van der Waals surface area contributed by atoms with Crippen LogP contribution in [-0.4, -0.2) is 50.2 Å². The van der Waals surface area contributed by atoms with Crippen LogP contribution in [0.25, 0.3) is 10.8 Å². The van der Waals surface area contributed by atoms with Gasteiger partial charge >= 0.3 is 5.97 Å². The number of hydrogen-bond donors (Lipinski definition) is 0. The Labute approximate surface area is 222 Å². The van der Waals surface area contributed by atoms with Crippen LogP contribution in [0.15, 0.2) is 73.0 Å². The second kappa shape index (κ2) is 9.54. The van der Waals surface area contributed by atoms with E-state index in [1.807, 2.05) is 31.2 Å². The summed E-state index contributed by atoms with van der Waals surface area (Å²) >= 11 is 0. The maximum Gasteiger partial charge on any atom is 0.355 e. The van der Waals surface area contributed by atoms with Crippen molar-refractivity contribution in [3.05, 3.63) is 78.5 Å². The highest BCUT2D eigenvalue weighted by Gasteiger charge is 2.61. The number of anilines is 1. The van der Waals surface area contributed by atoms with Crippen molar-refractivity contribution in [3.63, 3.8) is 0 Å². The molecular weight excluding hydrogens is 504 g/mol. The Morgan fingerprint density at radius 2 is 1.87 bits per heavy atom. The molecule has 1 amide bonds. The molecule has 0 spiro atoms. The number of ether oxygens (including phenoxy) is 1. The highest BCUT2D eigenvalue weighted by Crippen LogP contribution is 2.50. The Kier molecular flexibility index (Phi) is 6.51. The van der Waals surface area contributed by atoms with Crippen LogP contribution >= 0.6 is 0 Å². The number of benzene rings is 2. The van der Waals surface area contributed by atoms with E-state index in [9.17, 15) is 22.8 Å². The van der Waals surface area contributed by atoms with Crippen molar-refractivity contribution in [1.29, 1.82) is 0 Å². The van der Waals surface area contributed by atoms with Gasteiger partial charge < -0.3 is 9.64 Å². The number of fused-ring (bicyclic) bond motifs is 1. The second-order valence-corrected chi connectivity index (χ2v) is 12.0. The predicted octanol–water partition coefficient (Wildman–Crippen LogP) is 3.73. The van der Waals surface area contributed by atoms with E-state index in [0.29, 0.717) is 11.3 Å². The lowest BCUT2D eigenvalue weighted by Crippen LogP contribution is -2.63. The minimum atomic E-state index is -3.78. The molecule has 5 rings (SSSR count). The van der Waals surface area contributed by atoms with Gasteiger partial charge in [-0.25, -0.2) is 13.2 Å². The van der Waals surface area contributed by atoms with Crippen LogP contribution in [0.3, 0.4) is 0 Å². The van der Waals surface area contributed by atoms with E-state index in [1.54, 1.807) is 19.1 Å². The molecule has 8 nitrogen and oxygen atoms in total. The largest absolute Gasteiger partial charge is 0.457 e. The maximum absolute atomic E-state index is 13.5. The molecule has 2 aromatic rings. The first kappa shape index (κ1) is 25.9. The number of carbonyl (C=O) groups excluding carboxylic acids is 3. The van der Waals surface area contributed by atoms with E-state index in [4.69, 9.17) is 4.74 Å². The summed E-state index contributed by atoms with van der Waals surface area (Å²) in [6.45, 7) is 10.6. The number of amides is 1. The average Bonchev–Trinajstić information content (AvgIpc) is 3.12. The Balaban J connectivity index is 1.58. The van der Waals surface area contributed by atoms with Crippen molar-refractivity contribution in [2.75, 3.05) is 17.5 Å². The summed E-state index contributed by atoms with van der Waals surface area (Å²) in [5.41, 5.74) is 1.83. The number of sulfonamides is 1. The first-order chi connectivity index (χ1) is 18.1. The molecule has 0 N–H and O–H groups in total. The number of rotatable bonds is 9. The first-order valence-corrected chi connectivity index (χ1v) is 14.2. The third-order valence-corrected chi connectivity index (χ3v) is 9.61. The maximum atomic E-state index is 13.5. The quantitative estimate of drug-likeness (QED) is 0.276. The summed E-state index contributed by atoms with van der Waals surface area (Å²) in [6, 6.07) is 10.6. The monoisotopic (exact) mass is 534 g/mol. The number of β-lactam (4-membered cyclic amide) rings is 1. The Morgan fingerprint density at radius 1 is 1.16 bits per heavy atom. The van der Waals surface area contributed by atoms with Crippen molar-refractivity contribution < 1.29 is 27.5 Å². The van der Waals surface area contributed by atoms with Crippen molar-refractivity contribution in [2.45, 2.75) is 32.1 Å². The molecule has 198 valence electrons. The van der Waals surface area contributed by atoms with Gasteiger partial charge in [-0.3, -0.25) is 13.9 Å². The predicted molar refractivity (Wildman–Crippen MR) is 144 cm³/mol. The van der Waals surface area contributed by atoms with E-state index < -0.39 is 33.9 Å². The molecule has 1 saturated heterocycles. The fourth-order valence-electron chi connectivity index (χ4n) is 6.08. The number of allylic oxidation sites excluding steroid dienone is 1. The molecule has 1 fully saturated rings. The molecule has 4 atom stereocenters. The number of Topliss-reactive ketones (excluding diaryl/α,β-unsaturated/α-hetero) is 1. The fraction of sp³-hybridized carbons (Fsp3) is 0.345. The Bertz CT molecular complexity index is 1520. The first-order valence-electron chi connectivity index (χ1n) is 12.6. The lowest BCUT2D eigenvalue weighted by atomic mass is 9.72. The van der Waals surface area contributed by atoms with E-state index in [0.717, 1.165) is 16.3 Å². The van der Waals surface area contributed by atoms with Crippen LogP contribution < -0.4 is 4.31 Å². The molecule has 0 bridgehead atoms. The molecular formula is C29H30N2O6S. The number of nitrogens with zero attached hydrogens (tertiary/aromatic N) is 2. The minimum absolute atomic E-state index is 0.0525. The Morgan fingerprint density at radius 3 is 2.55 bits per heavy atom. The third-order valence-electron chi connectivity index (χ3n) is 7.94. The van der Waals surface area contributed by atoms with Gasteiger partial charge in [-0.15, -0.1) is 6.58 Å². The van der Waals surface area contributed by atoms with E-state index in [-0.39, 0.29) is 48.6 Å². The van der Waals surface area contributed by atoms with Crippen LogP contribution in [0.4, 0.5) is 5.69 Å². The van der Waals surface area contributed by atoms with Crippen LogP contribution in [0.1, 0.15) is 25.8 Å². The molecule has 3 aliphatic rings. The molecule has 0 radical (unpaired) electrons. The molecule has 38 heavy (non-hydrogen) atoms. The number of ketones is 1. The van der Waals surface area contributed by atoms with Crippen LogP contribution in [0, 0.1) is 17.8 Å². The molecule has 9 heteroatoms. The van der Waals surface area contributed by atoms with Gasteiger partial charge in [0.1, 0.15) is 18.1 Å². The van der Waals surface area contributed by atoms with Crippen molar-refractivity contribution >= 4 is 44.1 Å². The van der Waals surface area contributed by atoms with Gasteiger partial charge in [0, 0.05) is 23.6 Å². The summed E-state index contributed by atoms with van der Waals surface area (Å²) in [7, 11) is -3.78. The zero-order valence-corrected chi connectivity index (χ0v) is 22.2. The zero-order chi connectivity index (χ0) is 27.4. The molecule has 0 aliphatic carbocycles. The van der Waals surface area contributed by atoms with Crippen molar-refractivity contribution in [2.24, 2.45) is 17.8 Å². The summed E-state index contributed by atoms with van der Waals surface area (Å²) < 4.78 is 33.8. The van der Waals surface area contributed by atoms with Crippen LogP contribution in [0.5, 0.6) is 0 Å². The summed E-state index contributed by atoms with van der Waals surface area (Å²) in [6.07, 6.45) is 3.09. The number of carbonyl (C=O) groups is 3. The van der Waals surface area contributed by atoms with Crippen molar-refractivity contribution in [1.82, 2.24) is 4.90 Å². The van der Waals surface area contributed by atoms with Crippen LogP contribution in [0.2, 0.25) is 0 Å². The lowest BCUT2D eigenvalue weighted by molar-refractivity contribution is -0.162. The smallest absolute Gasteiger partial charge is 0.355 e. The normalized spacial score (nSPS) is 24.1. The molecule has 0 saturated carbocycles. The molecule has 3 aliphatic heterocycles. The lowest BCUT2D eigenvalue weighted by Gasteiger charge is -2.47. The molecule has 3 heterocycles. The molecule has 3 unspecified atom stereocenters. The fourth-order valence-corrected chi connectivity index (χ4v) is 7.66. The standard InChI is InChI=1S/C29H30N2O6S/c1-5-9-23(32)18(4)24-26-17(3)21(27(31(26)28(24)33)29(34)37-14-6-2)15-30-22-13-8-11-19-10-7-12-20(25(19)22)16-38(30,35)36/h5-8,10-13,17-18,24,26H,1-2,9,14-16H2,3-4H3/t17?,18-,24?,26?/m0/s1. The van der Waals surface area contributed by atoms with E-state index in [2.05, 4.69) is 13.2 Å². The van der Waals surface area contributed by atoms with Gasteiger partial charge in [-0.05, 0) is 22.6 Å². The van der Waals surface area contributed by atoms with Gasteiger partial charge in [-0.1, -0.05) is 62.9 Å². The van der Waals surface area contributed by atoms with Gasteiger partial charge in [0.25, 0.3) is 0 Å². The van der Waals surface area contributed by atoms with E-state index in [1.165, 1.54) is 21.4 Å². The second-order valence-electron chi connectivity index (χ2n) is 10.1. The SMILES string of the molecule is C=CCOC(=O)C1=C(CN2c3cccc4cccc(c34)CS2(=O)=O)C(C)C2C([C@@H](C)C(=O)CC=C)C(=O)N12. The summed E-state index contributed by atoms with van der Waals surface area (Å²) in [5.74, 6) is -2.85. The number of hydrogen-bond acceptors (Lipinski definition) is 6. The third kappa shape index (κ3) is 3.88. The van der Waals surface area contributed by atoms with Gasteiger partial charge in [0.2, 0.25) is 15.9 Å². The average molecular weight is 535 g/mol. The van der Waals surface area contributed by atoms with E-state index >= 15 is 0 Å². The summed E-state index contributed by atoms with van der Waals surface area (Å²) in [4.78, 5) is 40.6. The number of esters is 1. The Hall–Kier alpha value is -3.72. The van der Waals surface area contributed by atoms with Gasteiger partial charge in [0.05, 0.1) is 29.9 Å². The van der Waals surface area contributed by atoms with Gasteiger partial charge in [-0.2, -0.15) is 0 Å².